The summed E-state index contributed by atoms with van der Waals surface area (Å²) in [5.74, 6) is 0.994. The van der Waals surface area contributed by atoms with Crippen molar-refractivity contribution in [3.8, 4) is 11.5 Å². The molecular weight excluding hydrogens is 446 g/mol. The van der Waals surface area contributed by atoms with Gasteiger partial charge in [0.05, 0.1) is 20.3 Å². The summed E-state index contributed by atoms with van der Waals surface area (Å²) >= 11 is 3.39. The van der Waals surface area contributed by atoms with Gasteiger partial charge in [-0.3, -0.25) is 4.90 Å². The summed E-state index contributed by atoms with van der Waals surface area (Å²) in [4.78, 5) is 2.37. The zero-order valence-corrected chi connectivity index (χ0v) is 17.8. The van der Waals surface area contributed by atoms with Gasteiger partial charge in [0.1, 0.15) is 11.5 Å². The van der Waals surface area contributed by atoms with E-state index in [0.717, 1.165) is 23.3 Å². The van der Waals surface area contributed by atoms with Gasteiger partial charge in [-0.15, -0.1) is 0 Å². The summed E-state index contributed by atoms with van der Waals surface area (Å²) in [6.07, 6.45) is 0. The number of nitrogens with zero attached hydrogens (tertiary/aromatic N) is 1. The lowest BCUT2D eigenvalue weighted by Gasteiger charge is -2.35. The fourth-order valence-corrected chi connectivity index (χ4v) is 3.82. The minimum Gasteiger partial charge on any atom is -0.497 e. The molecule has 29 heavy (non-hydrogen) atoms. The third-order valence-electron chi connectivity index (χ3n) is 4.88. The molecule has 3 rings (SSSR count). The van der Waals surface area contributed by atoms with Gasteiger partial charge in [-0.1, -0.05) is 28.1 Å². The second-order valence-electron chi connectivity index (χ2n) is 6.70. The molecule has 8 heteroatoms. The first kappa shape index (κ1) is 22.0. The highest BCUT2D eigenvalue weighted by atomic mass is 79.9. The van der Waals surface area contributed by atoms with E-state index in [4.69, 9.17) is 9.47 Å². The summed E-state index contributed by atoms with van der Waals surface area (Å²) < 4.78 is 41.6. The van der Waals surface area contributed by atoms with Crippen LogP contribution < -0.4 is 14.8 Å². The lowest BCUT2D eigenvalue weighted by Crippen LogP contribution is -2.42. The molecule has 0 spiro atoms. The SMILES string of the molecule is COc1ccc(C(CNCc2cc(Br)ccc2OC(F)F)N2CCOCC2)cc1. The summed E-state index contributed by atoms with van der Waals surface area (Å²) in [7, 11) is 1.65. The smallest absolute Gasteiger partial charge is 0.387 e. The Morgan fingerprint density at radius 3 is 2.52 bits per heavy atom. The van der Waals surface area contributed by atoms with Gasteiger partial charge in [-0.05, 0) is 35.9 Å². The van der Waals surface area contributed by atoms with Gasteiger partial charge in [0.15, 0.2) is 0 Å². The van der Waals surface area contributed by atoms with E-state index in [1.165, 1.54) is 5.56 Å². The van der Waals surface area contributed by atoms with Crippen LogP contribution in [0.5, 0.6) is 11.5 Å². The molecule has 1 fully saturated rings. The van der Waals surface area contributed by atoms with Crippen molar-refractivity contribution in [3.63, 3.8) is 0 Å². The minimum atomic E-state index is -2.85. The number of halogens is 3. The van der Waals surface area contributed by atoms with E-state index in [2.05, 4.69) is 43.0 Å². The van der Waals surface area contributed by atoms with Crippen LogP contribution in [0.1, 0.15) is 17.2 Å². The number of rotatable bonds is 9. The van der Waals surface area contributed by atoms with Crippen LogP contribution in [0.4, 0.5) is 8.78 Å². The second-order valence-corrected chi connectivity index (χ2v) is 7.61. The van der Waals surface area contributed by atoms with Crippen molar-refractivity contribution in [1.29, 1.82) is 0 Å². The fraction of sp³-hybridized carbons (Fsp3) is 0.429. The highest BCUT2D eigenvalue weighted by Crippen LogP contribution is 2.26. The summed E-state index contributed by atoms with van der Waals surface area (Å²) in [5.41, 5.74) is 1.84. The first-order chi connectivity index (χ1) is 14.1. The molecule has 1 heterocycles. The summed E-state index contributed by atoms with van der Waals surface area (Å²) in [6, 6.07) is 13.2. The van der Waals surface area contributed by atoms with Crippen LogP contribution in [0, 0.1) is 0 Å². The van der Waals surface area contributed by atoms with Crippen LogP contribution in [0.3, 0.4) is 0 Å². The van der Waals surface area contributed by atoms with Gasteiger partial charge >= 0.3 is 6.61 Å². The summed E-state index contributed by atoms with van der Waals surface area (Å²) in [6.45, 7) is 1.31. The number of methoxy groups -OCH3 is 1. The highest BCUT2D eigenvalue weighted by Gasteiger charge is 2.22. The molecule has 0 radical (unpaired) electrons. The van der Waals surface area contributed by atoms with E-state index in [-0.39, 0.29) is 11.8 Å². The Hall–Kier alpha value is -1.74. The molecule has 1 N–H and O–H groups in total. The van der Waals surface area contributed by atoms with E-state index < -0.39 is 6.61 Å². The average molecular weight is 471 g/mol. The fourth-order valence-electron chi connectivity index (χ4n) is 3.41. The van der Waals surface area contributed by atoms with Gasteiger partial charge in [0.2, 0.25) is 0 Å². The molecule has 1 aliphatic rings. The zero-order valence-electron chi connectivity index (χ0n) is 16.2. The first-order valence-electron chi connectivity index (χ1n) is 9.46. The molecule has 2 aromatic rings. The maximum Gasteiger partial charge on any atom is 0.387 e. The van der Waals surface area contributed by atoms with Gasteiger partial charge in [0, 0.05) is 42.3 Å². The molecule has 1 saturated heterocycles. The van der Waals surface area contributed by atoms with E-state index in [1.54, 1.807) is 25.3 Å². The van der Waals surface area contributed by atoms with Crippen molar-refractivity contribution in [1.82, 2.24) is 10.2 Å². The average Bonchev–Trinajstić information content (AvgIpc) is 2.73. The van der Waals surface area contributed by atoms with E-state index in [9.17, 15) is 8.78 Å². The normalized spacial score (nSPS) is 16.0. The molecule has 0 bridgehead atoms. The van der Waals surface area contributed by atoms with Gasteiger partial charge < -0.3 is 19.5 Å². The number of benzene rings is 2. The lowest BCUT2D eigenvalue weighted by atomic mass is 10.0. The molecule has 2 aromatic carbocycles. The molecule has 1 aliphatic heterocycles. The Kier molecular flexibility index (Phi) is 8.23. The molecule has 0 amide bonds. The molecule has 1 unspecified atom stereocenters. The molecule has 5 nitrogen and oxygen atoms in total. The predicted octanol–water partition coefficient (Wildman–Crippen LogP) is 4.22. The third-order valence-corrected chi connectivity index (χ3v) is 5.37. The van der Waals surface area contributed by atoms with Crippen LogP contribution in [-0.4, -0.2) is 51.5 Å². The highest BCUT2D eigenvalue weighted by molar-refractivity contribution is 9.10. The molecule has 0 aliphatic carbocycles. The largest absolute Gasteiger partial charge is 0.497 e. The zero-order chi connectivity index (χ0) is 20.6. The quantitative estimate of drug-likeness (QED) is 0.594. The Balaban J connectivity index is 1.70. The van der Waals surface area contributed by atoms with Crippen molar-refractivity contribution in [3.05, 3.63) is 58.1 Å². The number of hydrogen-bond donors (Lipinski definition) is 1. The Morgan fingerprint density at radius 2 is 1.86 bits per heavy atom. The van der Waals surface area contributed by atoms with Gasteiger partial charge in [-0.2, -0.15) is 8.78 Å². The molecule has 1 atom stereocenters. The van der Waals surface area contributed by atoms with E-state index >= 15 is 0 Å². The maximum atomic E-state index is 12.7. The standard InChI is InChI=1S/C21H25BrF2N2O3/c1-27-18-5-2-15(3-6-18)19(26-8-10-28-11-9-26)14-25-13-16-12-17(22)4-7-20(16)29-21(23)24/h2-7,12,19,21,25H,8-11,13-14H2,1H3. The van der Waals surface area contributed by atoms with Gasteiger partial charge in [-0.25, -0.2) is 0 Å². The van der Waals surface area contributed by atoms with Crippen LogP contribution in [0.15, 0.2) is 46.9 Å². The first-order valence-corrected chi connectivity index (χ1v) is 10.3. The minimum absolute atomic E-state index is 0.136. The number of alkyl halides is 2. The number of morpholine rings is 1. The van der Waals surface area contributed by atoms with Crippen LogP contribution in [0.25, 0.3) is 0 Å². The molecule has 158 valence electrons. The Labute approximate surface area is 178 Å². The monoisotopic (exact) mass is 470 g/mol. The molecule has 0 aromatic heterocycles. The van der Waals surface area contributed by atoms with Gasteiger partial charge in [0.25, 0.3) is 0 Å². The number of ether oxygens (including phenoxy) is 3. The van der Waals surface area contributed by atoms with Crippen LogP contribution in [0.2, 0.25) is 0 Å². The Bertz CT molecular complexity index is 771. The third kappa shape index (κ3) is 6.37. The molecular formula is C21H25BrF2N2O3. The van der Waals surface area contributed by atoms with E-state index in [0.29, 0.717) is 31.9 Å². The maximum absolute atomic E-state index is 12.7. The van der Waals surface area contributed by atoms with E-state index in [1.807, 2.05) is 12.1 Å². The van der Waals surface area contributed by atoms with Crippen molar-refractivity contribution >= 4 is 15.9 Å². The second kappa shape index (κ2) is 10.9. The Morgan fingerprint density at radius 1 is 1.14 bits per heavy atom. The number of nitrogens with one attached hydrogen (secondary N) is 1. The van der Waals surface area contributed by atoms with Crippen molar-refractivity contribution < 1.29 is 23.0 Å². The summed E-state index contributed by atoms with van der Waals surface area (Å²) in [5, 5.41) is 3.41. The van der Waals surface area contributed by atoms with Crippen molar-refractivity contribution in [2.24, 2.45) is 0 Å². The predicted molar refractivity (Wildman–Crippen MR) is 111 cm³/mol. The van der Waals surface area contributed by atoms with Crippen molar-refractivity contribution in [2.75, 3.05) is 40.0 Å². The topological polar surface area (TPSA) is 43.0 Å². The lowest BCUT2D eigenvalue weighted by molar-refractivity contribution is -0.0505. The molecule has 0 saturated carbocycles. The van der Waals surface area contributed by atoms with Crippen molar-refractivity contribution in [2.45, 2.75) is 19.2 Å². The van der Waals surface area contributed by atoms with Crippen LogP contribution in [-0.2, 0) is 11.3 Å². The van der Waals surface area contributed by atoms with Crippen LogP contribution >= 0.6 is 15.9 Å². The number of hydrogen-bond acceptors (Lipinski definition) is 5.